The summed E-state index contributed by atoms with van der Waals surface area (Å²) in [4.78, 5) is 12.5. The molecule has 8 heteroatoms. The third kappa shape index (κ3) is 6.84. The highest BCUT2D eigenvalue weighted by Crippen LogP contribution is 2.29. The molecule has 0 aromatic heterocycles. The maximum atomic E-state index is 12.5. The molecule has 160 valence electrons. The van der Waals surface area contributed by atoms with Crippen molar-refractivity contribution in [3.05, 3.63) is 90.0 Å². The molecule has 0 aliphatic carbocycles. The minimum absolute atomic E-state index is 0.202. The average Bonchev–Trinajstić information content (AvgIpc) is 2.74. The molecule has 3 aromatic carbocycles. The van der Waals surface area contributed by atoms with Crippen LogP contribution >= 0.6 is 47.0 Å². The second-order valence-electron chi connectivity index (χ2n) is 6.86. The number of hydrogen-bond acceptors (Lipinski definition) is 2. The molecule has 3 rings (SSSR count). The number of aryl methyl sites for hydroxylation is 1. The van der Waals surface area contributed by atoms with Gasteiger partial charge in [-0.3, -0.25) is 4.79 Å². The number of rotatable bonds is 5. The molecule has 0 radical (unpaired) electrons. The molecule has 0 bridgehead atoms. The maximum Gasteiger partial charge on any atom is 0.252 e. The molecule has 0 heterocycles. The third-order valence-electron chi connectivity index (χ3n) is 4.44. The number of benzene rings is 3. The van der Waals surface area contributed by atoms with Crippen molar-refractivity contribution >= 4 is 63.7 Å². The second kappa shape index (κ2) is 10.3. The molecule has 0 aliphatic heterocycles. The number of hydrogen-bond donors (Lipinski definition) is 3. The van der Waals surface area contributed by atoms with Gasteiger partial charge in [0.25, 0.3) is 5.91 Å². The molecule has 3 aromatic rings. The van der Waals surface area contributed by atoms with Gasteiger partial charge in [0.1, 0.15) is 6.17 Å². The standard InChI is InChI=1S/C23H20Cl3N3OS/c1-15-7-9-18(10-8-15)20(30)28-21(23(24,25)26)29-22(31)27-19-13-11-17(12-14-19)16-5-3-2-4-6-16/h2-14,21H,1H3,(H,28,30)(H2,27,29,31)/t21-/m1/s1. The van der Waals surface area contributed by atoms with Crippen LogP contribution in [0.3, 0.4) is 0 Å². The van der Waals surface area contributed by atoms with Crippen LogP contribution in [0.1, 0.15) is 15.9 Å². The fourth-order valence-electron chi connectivity index (χ4n) is 2.79. The molecule has 0 saturated carbocycles. The molecular formula is C23H20Cl3N3OS. The van der Waals surface area contributed by atoms with Gasteiger partial charge >= 0.3 is 0 Å². The second-order valence-corrected chi connectivity index (χ2v) is 9.63. The van der Waals surface area contributed by atoms with Crippen molar-refractivity contribution < 1.29 is 4.79 Å². The number of amides is 1. The van der Waals surface area contributed by atoms with Crippen LogP contribution < -0.4 is 16.0 Å². The first kappa shape index (κ1) is 23.4. The summed E-state index contributed by atoms with van der Waals surface area (Å²) in [6.45, 7) is 1.93. The topological polar surface area (TPSA) is 53.2 Å². The van der Waals surface area contributed by atoms with Crippen molar-refractivity contribution in [3.63, 3.8) is 0 Å². The zero-order valence-electron chi connectivity index (χ0n) is 16.5. The molecule has 0 fully saturated rings. The number of halogens is 3. The summed E-state index contributed by atoms with van der Waals surface area (Å²) < 4.78 is -1.83. The third-order valence-corrected chi connectivity index (χ3v) is 5.32. The Kier molecular flexibility index (Phi) is 7.79. The number of nitrogens with one attached hydrogen (secondary N) is 3. The lowest BCUT2D eigenvalue weighted by Gasteiger charge is -2.27. The predicted octanol–water partition coefficient (Wildman–Crippen LogP) is 6.07. The van der Waals surface area contributed by atoms with Gasteiger partial charge in [-0.1, -0.05) is 95.0 Å². The van der Waals surface area contributed by atoms with Crippen LogP contribution in [0.4, 0.5) is 5.69 Å². The van der Waals surface area contributed by atoms with Gasteiger partial charge in [0.2, 0.25) is 3.79 Å². The number of anilines is 1. The van der Waals surface area contributed by atoms with Gasteiger partial charge in [0.15, 0.2) is 5.11 Å². The van der Waals surface area contributed by atoms with Crippen LogP contribution in [0.15, 0.2) is 78.9 Å². The molecule has 31 heavy (non-hydrogen) atoms. The van der Waals surface area contributed by atoms with Crippen molar-refractivity contribution in [2.24, 2.45) is 0 Å². The Morgan fingerprint density at radius 2 is 1.42 bits per heavy atom. The van der Waals surface area contributed by atoms with E-state index in [0.717, 1.165) is 22.4 Å². The summed E-state index contributed by atoms with van der Waals surface area (Å²) in [7, 11) is 0. The lowest BCUT2D eigenvalue weighted by molar-refractivity contribution is 0.0934. The Balaban J connectivity index is 1.64. The Morgan fingerprint density at radius 1 is 0.839 bits per heavy atom. The Hall–Kier alpha value is -2.31. The lowest BCUT2D eigenvalue weighted by Crippen LogP contribution is -2.56. The van der Waals surface area contributed by atoms with Crippen molar-refractivity contribution in [2.75, 3.05) is 5.32 Å². The number of carbonyl (C=O) groups excluding carboxylic acids is 1. The molecule has 1 atom stereocenters. The molecule has 0 saturated heterocycles. The van der Waals surface area contributed by atoms with Crippen LogP contribution in [0.2, 0.25) is 0 Å². The summed E-state index contributed by atoms with van der Waals surface area (Å²) in [5.74, 6) is -0.390. The van der Waals surface area contributed by atoms with E-state index in [1.165, 1.54) is 0 Å². The van der Waals surface area contributed by atoms with Crippen LogP contribution in [0, 0.1) is 6.92 Å². The molecular weight excluding hydrogens is 473 g/mol. The van der Waals surface area contributed by atoms with Crippen LogP contribution in [0.5, 0.6) is 0 Å². The van der Waals surface area contributed by atoms with Crippen molar-refractivity contribution in [3.8, 4) is 11.1 Å². The van der Waals surface area contributed by atoms with Crippen LogP contribution in [-0.4, -0.2) is 21.0 Å². The van der Waals surface area contributed by atoms with E-state index in [-0.39, 0.29) is 11.0 Å². The fourth-order valence-corrected chi connectivity index (χ4v) is 3.36. The van der Waals surface area contributed by atoms with Gasteiger partial charge in [-0.25, -0.2) is 0 Å². The monoisotopic (exact) mass is 491 g/mol. The van der Waals surface area contributed by atoms with Gasteiger partial charge in [0, 0.05) is 11.3 Å². The Morgan fingerprint density at radius 3 is 2.00 bits per heavy atom. The summed E-state index contributed by atoms with van der Waals surface area (Å²) in [5, 5.41) is 8.76. The normalized spacial score (nSPS) is 12.0. The smallest absolute Gasteiger partial charge is 0.252 e. The van der Waals surface area contributed by atoms with Gasteiger partial charge in [0.05, 0.1) is 0 Å². The molecule has 1 amide bonds. The van der Waals surface area contributed by atoms with E-state index < -0.39 is 9.96 Å². The van der Waals surface area contributed by atoms with Crippen molar-refractivity contribution in [1.29, 1.82) is 0 Å². The first-order chi connectivity index (χ1) is 14.7. The summed E-state index contributed by atoms with van der Waals surface area (Å²) in [5.41, 5.74) is 4.43. The van der Waals surface area contributed by atoms with E-state index in [0.29, 0.717) is 5.56 Å². The lowest BCUT2D eigenvalue weighted by atomic mass is 10.1. The van der Waals surface area contributed by atoms with E-state index in [1.807, 2.05) is 73.7 Å². The number of carbonyl (C=O) groups is 1. The molecule has 0 spiro atoms. The largest absolute Gasteiger partial charge is 0.339 e. The molecule has 0 unspecified atom stereocenters. The van der Waals surface area contributed by atoms with Gasteiger partial charge in [-0.05, 0) is 54.5 Å². The van der Waals surface area contributed by atoms with E-state index in [9.17, 15) is 4.79 Å². The molecule has 3 N–H and O–H groups in total. The van der Waals surface area contributed by atoms with Gasteiger partial charge in [-0.15, -0.1) is 0 Å². The predicted molar refractivity (Wildman–Crippen MR) is 134 cm³/mol. The van der Waals surface area contributed by atoms with Crippen LogP contribution in [0.25, 0.3) is 11.1 Å². The van der Waals surface area contributed by atoms with Crippen molar-refractivity contribution in [1.82, 2.24) is 10.6 Å². The first-order valence-corrected chi connectivity index (χ1v) is 10.9. The highest BCUT2D eigenvalue weighted by Gasteiger charge is 2.34. The van der Waals surface area contributed by atoms with Crippen molar-refractivity contribution in [2.45, 2.75) is 16.9 Å². The quantitative estimate of drug-likeness (QED) is 0.230. The summed E-state index contributed by atoms with van der Waals surface area (Å²) in [6, 6.07) is 24.8. The highest BCUT2D eigenvalue weighted by molar-refractivity contribution is 7.80. The number of thiocarbonyl (C=S) groups is 1. The SMILES string of the molecule is Cc1ccc(C(=O)N[C@H](NC(=S)Nc2ccc(-c3ccccc3)cc2)C(Cl)(Cl)Cl)cc1. The summed E-state index contributed by atoms with van der Waals surface area (Å²) in [6.07, 6.45) is -1.05. The first-order valence-electron chi connectivity index (χ1n) is 9.39. The van der Waals surface area contributed by atoms with Gasteiger partial charge < -0.3 is 16.0 Å². The summed E-state index contributed by atoms with van der Waals surface area (Å²) >= 11 is 23.5. The number of alkyl halides is 3. The van der Waals surface area contributed by atoms with E-state index in [2.05, 4.69) is 16.0 Å². The molecule has 0 aliphatic rings. The minimum Gasteiger partial charge on any atom is -0.339 e. The highest BCUT2D eigenvalue weighted by atomic mass is 35.6. The fraction of sp³-hybridized carbons (Fsp3) is 0.130. The van der Waals surface area contributed by atoms with Gasteiger partial charge in [-0.2, -0.15) is 0 Å². The van der Waals surface area contributed by atoms with E-state index in [1.54, 1.807) is 12.1 Å². The Bertz CT molecular complexity index is 1040. The van der Waals surface area contributed by atoms with E-state index >= 15 is 0 Å². The van der Waals surface area contributed by atoms with E-state index in [4.69, 9.17) is 47.0 Å². The maximum absolute atomic E-state index is 12.5. The average molecular weight is 493 g/mol. The molecule has 4 nitrogen and oxygen atoms in total. The minimum atomic E-state index is -1.83. The zero-order chi connectivity index (χ0) is 22.4. The Labute approximate surface area is 201 Å². The van der Waals surface area contributed by atoms with Crippen LogP contribution in [-0.2, 0) is 0 Å². The zero-order valence-corrected chi connectivity index (χ0v) is 19.6.